The molecular formula is C16H17FN6OS. The van der Waals surface area contributed by atoms with Gasteiger partial charge in [-0.1, -0.05) is 0 Å². The molecule has 1 aliphatic rings. The number of nitrogens with zero attached hydrogens (tertiary/aromatic N) is 4. The Hall–Kier alpha value is -2.68. The van der Waals surface area contributed by atoms with E-state index in [-0.39, 0.29) is 17.6 Å². The molecule has 0 bridgehead atoms. The van der Waals surface area contributed by atoms with E-state index in [4.69, 9.17) is 10.8 Å². The number of carbonyl (C=O) groups is 1. The molecule has 1 aliphatic heterocycles. The molecule has 0 aliphatic carbocycles. The Morgan fingerprint density at radius 1 is 1.32 bits per heavy atom. The van der Waals surface area contributed by atoms with Crippen LogP contribution < -0.4 is 0 Å². The number of piperazine rings is 1. The number of aromatic nitrogens is 2. The molecule has 1 aromatic carbocycles. The van der Waals surface area contributed by atoms with Crippen molar-refractivity contribution >= 4 is 29.1 Å². The second-order valence-corrected chi connectivity index (χ2v) is 6.47. The lowest BCUT2D eigenvalue weighted by Crippen LogP contribution is -2.58. The molecule has 1 amide bonds. The van der Waals surface area contributed by atoms with Crippen molar-refractivity contribution < 1.29 is 9.18 Å². The summed E-state index contributed by atoms with van der Waals surface area (Å²) in [5, 5.41) is 17.1. The van der Waals surface area contributed by atoms with Gasteiger partial charge in [0.1, 0.15) is 17.5 Å². The number of amidine groups is 2. The maximum absolute atomic E-state index is 13.0. The number of aryl methyl sites for hydroxylation is 1. The van der Waals surface area contributed by atoms with Crippen LogP contribution in [0.15, 0.2) is 24.3 Å². The summed E-state index contributed by atoms with van der Waals surface area (Å²) >= 11 is 1.12. The number of rotatable bonds is 2. The zero-order chi connectivity index (χ0) is 18.1. The van der Waals surface area contributed by atoms with Gasteiger partial charge in [0, 0.05) is 18.7 Å². The van der Waals surface area contributed by atoms with E-state index >= 15 is 0 Å². The smallest absolute Gasteiger partial charge is 0.254 e. The summed E-state index contributed by atoms with van der Waals surface area (Å²) in [4.78, 5) is 19.9. The summed E-state index contributed by atoms with van der Waals surface area (Å²) in [6.07, 6.45) is 0. The fourth-order valence-electron chi connectivity index (χ4n) is 2.67. The first-order valence-electron chi connectivity index (χ1n) is 7.70. The van der Waals surface area contributed by atoms with Crippen molar-refractivity contribution in [2.24, 2.45) is 0 Å². The van der Waals surface area contributed by atoms with Crippen LogP contribution in [0.5, 0.6) is 0 Å². The third-order valence-corrected chi connectivity index (χ3v) is 4.88. The molecule has 2 heterocycles. The Morgan fingerprint density at radius 3 is 2.60 bits per heavy atom. The van der Waals surface area contributed by atoms with Gasteiger partial charge in [0.25, 0.3) is 5.91 Å². The summed E-state index contributed by atoms with van der Waals surface area (Å²) in [6, 6.07) is 4.86. The SMILES string of the molecule is Cc1nsc(C(=N)N2CCN(C(=O)c3ccc(F)cc3)[C@H](C)C2=N)n1. The quantitative estimate of drug-likeness (QED) is 0.633. The maximum atomic E-state index is 13.0. The summed E-state index contributed by atoms with van der Waals surface area (Å²) < 4.78 is 17.1. The molecule has 0 saturated carbocycles. The fourth-order valence-corrected chi connectivity index (χ4v) is 3.30. The van der Waals surface area contributed by atoms with Gasteiger partial charge in [-0.15, -0.1) is 0 Å². The highest BCUT2D eigenvalue weighted by molar-refractivity contribution is 7.07. The topological polar surface area (TPSA) is 97.0 Å². The van der Waals surface area contributed by atoms with Crippen molar-refractivity contribution in [3.8, 4) is 0 Å². The first kappa shape index (κ1) is 17.2. The van der Waals surface area contributed by atoms with Gasteiger partial charge in [0.05, 0.1) is 6.04 Å². The van der Waals surface area contributed by atoms with Crippen LogP contribution in [-0.2, 0) is 0 Å². The highest BCUT2D eigenvalue weighted by atomic mass is 32.1. The second-order valence-electron chi connectivity index (χ2n) is 5.71. The van der Waals surface area contributed by atoms with Crippen LogP contribution in [0, 0.1) is 23.6 Å². The van der Waals surface area contributed by atoms with E-state index in [0.29, 0.717) is 29.5 Å². The van der Waals surface area contributed by atoms with E-state index in [1.807, 2.05) is 0 Å². The summed E-state index contributed by atoms with van der Waals surface area (Å²) in [7, 11) is 0. The van der Waals surface area contributed by atoms with Crippen molar-refractivity contribution in [3.63, 3.8) is 0 Å². The van der Waals surface area contributed by atoms with Crippen molar-refractivity contribution in [1.29, 1.82) is 10.8 Å². The van der Waals surface area contributed by atoms with Gasteiger partial charge in [0.15, 0.2) is 10.8 Å². The van der Waals surface area contributed by atoms with Crippen molar-refractivity contribution in [3.05, 3.63) is 46.5 Å². The summed E-state index contributed by atoms with van der Waals surface area (Å²) in [5.41, 5.74) is 0.379. The molecule has 1 aromatic heterocycles. The minimum atomic E-state index is -0.499. The van der Waals surface area contributed by atoms with Crippen LogP contribution in [0.25, 0.3) is 0 Å². The maximum Gasteiger partial charge on any atom is 0.254 e. The van der Waals surface area contributed by atoms with Gasteiger partial charge >= 0.3 is 0 Å². The molecule has 130 valence electrons. The molecular weight excluding hydrogens is 343 g/mol. The first-order chi connectivity index (χ1) is 11.9. The molecule has 25 heavy (non-hydrogen) atoms. The Labute approximate surface area is 148 Å². The van der Waals surface area contributed by atoms with Gasteiger partial charge in [-0.25, -0.2) is 9.37 Å². The zero-order valence-corrected chi connectivity index (χ0v) is 14.6. The Bertz CT molecular complexity index is 833. The van der Waals surface area contributed by atoms with Crippen LogP contribution in [0.4, 0.5) is 4.39 Å². The lowest BCUT2D eigenvalue weighted by Gasteiger charge is -2.40. The first-order valence-corrected chi connectivity index (χ1v) is 8.47. The van der Waals surface area contributed by atoms with Crippen LogP contribution in [0.1, 0.15) is 28.1 Å². The molecule has 3 rings (SSSR count). The number of halogens is 1. The Kier molecular flexibility index (Phi) is 4.58. The predicted octanol–water partition coefficient (Wildman–Crippen LogP) is 2.13. The number of nitrogens with one attached hydrogen (secondary N) is 2. The normalized spacial score (nSPS) is 17.7. The predicted molar refractivity (Wildman–Crippen MR) is 92.8 cm³/mol. The number of hydrogen-bond acceptors (Lipinski definition) is 6. The summed E-state index contributed by atoms with van der Waals surface area (Å²) in [5.74, 6) is 0.212. The van der Waals surface area contributed by atoms with Gasteiger partial charge in [-0.05, 0) is 49.6 Å². The molecule has 1 atom stereocenters. The molecule has 2 aromatic rings. The Balaban J connectivity index is 1.76. The summed E-state index contributed by atoms with van der Waals surface area (Å²) in [6.45, 7) is 4.18. The van der Waals surface area contributed by atoms with E-state index in [1.165, 1.54) is 24.3 Å². The van der Waals surface area contributed by atoms with Crippen LogP contribution >= 0.6 is 11.5 Å². The standard InChI is InChI=1S/C16H17FN6OS/c1-9-13(18)23(14(19)15-20-10(2)21-25-15)8-7-22(9)16(24)11-3-5-12(17)6-4-11/h3-6,9,18-19H,7-8H2,1-2H3/t9-/m1/s1. The largest absolute Gasteiger partial charge is 0.327 e. The van der Waals surface area contributed by atoms with E-state index in [0.717, 1.165) is 11.5 Å². The van der Waals surface area contributed by atoms with Crippen molar-refractivity contribution in [1.82, 2.24) is 19.2 Å². The minimum absolute atomic E-state index is 0.122. The number of amides is 1. The van der Waals surface area contributed by atoms with E-state index < -0.39 is 11.9 Å². The molecule has 9 heteroatoms. The minimum Gasteiger partial charge on any atom is -0.327 e. The third kappa shape index (κ3) is 3.27. The lowest BCUT2D eigenvalue weighted by atomic mass is 10.1. The molecule has 0 spiro atoms. The van der Waals surface area contributed by atoms with E-state index in [9.17, 15) is 9.18 Å². The van der Waals surface area contributed by atoms with Gasteiger partial charge in [-0.3, -0.25) is 15.6 Å². The van der Waals surface area contributed by atoms with Crippen molar-refractivity contribution in [2.45, 2.75) is 19.9 Å². The highest BCUT2D eigenvalue weighted by Crippen LogP contribution is 2.18. The molecule has 1 saturated heterocycles. The average Bonchev–Trinajstić information content (AvgIpc) is 3.03. The van der Waals surface area contributed by atoms with E-state index in [2.05, 4.69) is 9.36 Å². The zero-order valence-electron chi connectivity index (χ0n) is 13.8. The monoisotopic (exact) mass is 360 g/mol. The highest BCUT2D eigenvalue weighted by Gasteiger charge is 2.34. The third-order valence-electron chi connectivity index (χ3n) is 4.07. The average molecular weight is 360 g/mol. The van der Waals surface area contributed by atoms with Gasteiger partial charge < -0.3 is 9.80 Å². The van der Waals surface area contributed by atoms with Crippen LogP contribution in [-0.4, -0.2) is 55.9 Å². The molecule has 2 N–H and O–H groups in total. The molecule has 1 fully saturated rings. The van der Waals surface area contributed by atoms with E-state index in [1.54, 1.807) is 23.6 Å². The van der Waals surface area contributed by atoms with Gasteiger partial charge in [0.2, 0.25) is 0 Å². The van der Waals surface area contributed by atoms with Crippen molar-refractivity contribution in [2.75, 3.05) is 13.1 Å². The lowest BCUT2D eigenvalue weighted by molar-refractivity contribution is 0.0701. The van der Waals surface area contributed by atoms with Crippen LogP contribution in [0.3, 0.4) is 0 Å². The van der Waals surface area contributed by atoms with Crippen LogP contribution in [0.2, 0.25) is 0 Å². The number of hydrogen-bond donors (Lipinski definition) is 2. The second kappa shape index (κ2) is 6.67. The fraction of sp³-hybridized carbons (Fsp3) is 0.312. The molecule has 0 unspecified atom stereocenters. The molecule has 7 nitrogen and oxygen atoms in total. The number of carbonyl (C=O) groups excluding carboxylic acids is 1. The Morgan fingerprint density at radius 2 is 2.00 bits per heavy atom. The number of benzene rings is 1. The van der Waals surface area contributed by atoms with Gasteiger partial charge in [-0.2, -0.15) is 4.37 Å². The molecule has 0 radical (unpaired) electrons.